The number of sulfonamides is 1. The highest BCUT2D eigenvalue weighted by atomic mass is 79.9. The van der Waals surface area contributed by atoms with Crippen molar-refractivity contribution in [2.24, 2.45) is 5.10 Å². The van der Waals surface area contributed by atoms with Crippen molar-refractivity contribution in [2.75, 3.05) is 32.7 Å². The van der Waals surface area contributed by atoms with Gasteiger partial charge in [-0.2, -0.15) is 9.41 Å². The van der Waals surface area contributed by atoms with E-state index in [-0.39, 0.29) is 17.3 Å². The van der Waals surface area contributed by atoms with Crippen molar-refractivity contribution in [3.63, 3.8) is 0 Å². The molecule has 1 aliphatic rings. The van der Waals surface area contributed by atoms with E-state index in [9.17, 15) is 13.2 Å². The van der Waals surface area contributed by atoms with Crippen LogP contribution in [-0.4, -0.2) is 57.6 Å². The van der Waals surface area contributed by atoms with E-state index in [0.717, 1.165) is 20.5 Å². The van der Waals surface area contributed by atoms with Crippen molar-refractivity contribution in [1.29, 1.82) is 0 Å². The average molecular weight is 480 g/mol. The third kappa shape index (κ3) is 5.72. The summed E-state index contributed by atoms with van der Waals surface area (Å²) in [6.07, 6.45) is 1.63. The molecule has 0 bridgehead atoms. The number of hydrazone groups is 1. The summed E-state index contributed by atoms with van der Waals surface area (Å²) in [6.45, 7) is 4.16. The number of rotatable bonds is 6. The molecule has 29 heavy (non-hydrogen) atoms. The Balaban J connectivity index is 1.48. The number of amides is 1. The van der Waals surface area contributed by atoms with Gasteiger partial charge in [0, 0.05) is 4.47 Å². The number of aryl methyl sites for hydroxylation is 1. The quantitative estimate of drug-likeness (QED) is 0.474. The first kappa shape index (κ1) is 21.6. The summed E-state index contributed by atoms with van der Waals surface area (Å²) >= 11 is 3.31. The molecule has 9 heteroatoms. The van der Waals surface area contributed by atoms with Crippen molar-refractivity contribution in [2.45, 2.75) is 11.8 Å². The molecular weight excluding hydrogens is 456 g/mol. The topological polar surface area (TPSA) is 83.3 Å². The van der Waals surface area contributed by atoms with Crippen molar-refractivity contribution in [1.82, 2.24) is 9.73 Å². The zero-order valence-electron chi connectivity index (χ0n) is 16.1. The van der Waals surface area contributed by atoms with Crippen molar-refractivity contribution >= 4 is 38.1 Å². The van der Waals surface area contributed by atoms with Crippen LogP contribution in [0, 0.1) is 6.92 Å². The van der Waals surface area contributed by atoms with Crippen LogP contribution in [-0.2, 0) is 14.8 Å². The van der Waals surface area contributed by atoms with E-state index >= 15 is 0 Å². The summed E-state index contributed by atoms with van der Waals surface area (Å²) < 4.78 is 27.8. The van der Waals surface area contributed by atoms with Gasteiger partial charge in [0.15, 0.2) is 6.54 Å². The van der Waals surface area contributed by atoms with Gasteiger partial charge >= 0.3 is 0 Å². The van der Waals surface area contributed by atoms with Crippen molar-refractivity contribution in [3.05, 3.63) is 64.1 Å². The van der Waals surface area contributed by atoms with Gasteiger partial charge in [-0.05, 0) is 42.3 Å². The van der Waals surface area contributed by atoms with Gasteiger partial charge in [0.05, 0.1) is 37.3 Å². The van der Waals surface area contributed by atoms with E-state index in [2.05, 4.69) is 26.5 Å². The lowest BCUT2D eigenvalue weighted by Crippen LogP contribution is -3.15. The molecule has 1 amide bonds. The van der Waals surface area contributed by atoms with Crippen molar-refractivity contribution in [3.8, 4) is 0 Å². The van der Waals surface area contributed by atoms with Crippen LogP contribution in [0.2, 0.25) is 0 Å². The van der Waals surface area contributed by atoms with E-state index in [0.29, 0.717) is 26.2 Å². The van der Waals surface area contributed by atoms with E-state index < -0.39 is 10.0 Å². The Hall–Kier alpha value is -2.07. The SMILES string of the molecule is Cc1ccccc1/C=N/NC(=O)C[NH+]1CCN(S(=O)(=O)c2ccc(Br)cc2)CC1. The number of carbonyl (C=O) groups excluding carboxylic acids is 1. The summed E-state index contributed by atoms with van der Waals surface area (Å²) in [5.74, 6) is -0.186. The maximum atomic E-state index is 12.7. The first-order chi connectivity index (χ1) is 13.9. The van der Waals surface area contributed by atoms with Crippen LogP contribution in [0.3, 0.4) is 0 Å². The fourth-order valence-electron chi connectivity index (χ4n) is 3.15. The fourth-order valence-corrected chi connectivity index (χ4v) is 4.85. The van der Waals surface area contributed by atoms with Gasteiger partial charge in [-0.25, -0.2) is 13.8 Å². The molecule has 0 spiro atoms. The summed E-state index contributed by atoms with van der Waals surface area (Å²) in [6, 6.07) is 14.4. The molecule has 1 fully saturated rings. The summed E-state index contributed by atoms with van der Waals surface area (Å²) in [4.78, 5) is 13.5. The standard InChI is InChI=1S/C20H23BrN4O3S/c1-16-4-2-3-5-17(16)14-22-23-20(26)15-24-10-12-25(13-11-24)29(27,28)19-8-6-18(21)7-9-19/h2-9,14H,10-13,15H2,1H3,(H,23,26)/p+1/b22-14+. The smallest absolute Gasteiger partial charge is 0.295 e. The normalized spacial score (nSPS) is 16.2. The Kier molecular flexibility index (Phi) is 7.18. The van der Waals surface area contributed by atoms with E-state index in [1.165, 1.54) is 4.31 Å². The maximum absolute atomic E-state index is 12.7. The number of carbonyl (C=O) groups is 1. The Bertz CT molecular complexity index is 985. The summed E-state index contributed by atoms with van der Waals surface area (Å²) in [7, 11) is -3.50. The number of nitrogens with one attached hydrogen (secondary N) is 2. The molecule has 2 N–H and O–H groups in total. The molecule has 1 saturated heterocycles. The number of quaternary nitrogens is 1. The highest BCUT2D eigenvalue weighted by molar-refractivity contribution is 9.10. The molecule has 0 radical (unpaired) electrons. The molecule has 7 nitrogen and oxygen atoms in total. The second-order valence-electron chi connectivity index (χ2n) is 6.93. The second-order valence-corrected chi connectivity index (χ2v) is 9.79. The van der Waals surface area contributed by atoms with Gasteiger partial charge < -0.3 is 4.90 Å². The Morgan fingerprint density at radius 2 is 1.83 bits per heavy atom. The zero-order valence-corrected chi connectivity index (χ0v) is 18.5. The molecule has 0 saturated carbocycles. The monoisotopic (exact) mass is 479 g/mol. The van der Waals surface area contributed by atoms with Gasteiger partial charge in [-0.1, -0.05) is 40.2 Å². The van der Waals surface area contributed by atoms with E-state index in [1.54, 1.807) is 30.5 Å². The van der Waals surface area contributed by atoms with Crippen LogP contribution in [0.5, 0.6) is 0 Å². The number of nitrogens with zero attached hydrogens (tertiary/aromatic N) is 2. The van der Waals surface area contributed by atoms with E-state index in [4.69, 9.17) is 0 Å². The lowest BCUT2D eigenvalue weighted by Gasteiger charge is -2.31. The molecular formula is C20H24BrN4O3S+. The predicted molar refractivity (Wildman–Crippen MR) is 115 cm³/mol. The molecule has 2 aromatic carbocycles. The molecule has 0 aromatic heterocycles. The van der Waals surface area contributed by atoms with Gasteiger partial charge in [0.1, 0.15) is 0 Å². The highest BCUT2D eigenvalue weighted by Gasteiger charge is 2.31. The number of halogens is 1. The van der Waals surface area contributed by atoms with Crippen LogP contribution in [0.4, 0.5) is 0 Å². The minimum atomic E-state index is -3.50. The van der Waals surface area contributed by atoms with Crippen molar-refractivity contribution < 1.29 is 18.1 Å². The predicted octanol–water partition coefficient (Wildman–Crippen LogP) is 0.797. The first-order valence-corrected chi connectivity index (χ1v) is 11.6. The van der Waals surface area contributed by atoms with Crippen LogP contribution in [0.15, 0.2) is 63.0 Å². The second kappa shape index (κ2) is 9.62. The number of piperazine rings is 1. The molecule has 154 valence electrons. The van der Waals surface area contributed by atoms with Crippen LogP contribution in [0.25, 0.3) is 0 Å². The number of hydrogen-bond donors (Lipinski definition) is 2. The summed E-state index contributed by atoms with van der Waals surface area (Å²) in [5.41, 5.74) is 4.59. The third-order valence-electron chi connectivity index (χ3n) is 4.87. The minimum absolute atomic E-state index is 0.186. The molecule has 0 aliphatic carbocycles. The molecule has 1 aliphatic heterocycles. The van der Waals surface area contributed by atoms with Gasteiger partial charge in [-0.3, -0.25) is 4.79 Å². The molecule has 0 atom stereocenters. The maximum Gasteiger partial charge on any atom is 0.295 e. The Morgan fingerprint density at radius 3 is 2.48 bits per heavy atom. The average Bonchev–Trinajstić information content (AvgIpc) is 2.70. The van der Waals surface area contributed by atoms with Crippen LogP contribution in [0.1, 0.15) is 11.1 Å². The zero-order chi connectivity index (χ0) is 20.9. The lowest BCUT2D eigenvalue weighted by atomic mass is 10.1. The largest absolute Gasteiger partial charge is 0.325 e. The lowest BCUT2D eigenvalue weighted by molar-refractivity contribution is -0.895. The molecule has 3 rings (SSSR count). The first-order valence-electron chi connectivity index (χ1n) is 9.33. The van der Waals surface area contributed by atoms with Gasteiger partial charge in [0.25, 0.3) is 5.91 Å². The Labute approximate surface area is 179 Å². The van der Waals surface area contributed by atoms with E-state index in [1.807, 2.05) is 31.2 Å². The highest BCUT2D eigenvalue weighted by Crippen LogP contribution is 2.18. The number of hydrogen-bond acceptors (Lipinski definition) is 4. The summed E-state index contributed by atoms with van der Waals surface area (Å²) in [5, 5.41) is 4.02. The number of benzene rings is 2. The van der Waals surface area contributed by atoms with Crippen LogP contribution < -0.4 is 10.3 Å². The van der Waals surface area contributed by atoms with Gasteiger partial charge in [0.2, 0.25) is 10.0 Å². The third-order valence-corrected chi connectivity index (χ3v) is 7.31. The Morgan fingerprint density at radius 1 is 1.17 bits per heavy atom. The van der Waals surface area contributed by atoms with Gasteiger partial charge in [-0.15, -0.1) is 0 Å². The molecule has 1 heterocycles. The minimum Gasteiger partial charge on any atom is -0.325 e. The fraction of sp³-hybridized carbons (Fsp3) is 0.300. The molecule has 2 aromatic rings. The van der Waals surface area contributed by atoms with Crippen LogP contribution >= 0.6 is 15.9 Å². The molecule has 0 unspecified atom stereocenters.